The molecule has 4 rings (SSSR count). The lowest BCUT2D eigenvalue weighted by atomic mass is 9.80. The van der Waals surface area contributed by atoms with Gasteiger partial charge in [-0.05, 0) is 86.4 Å². The van der Waals surface area contributed by atoms with Crippen LogP contribution in [0.2, 0.25) is 5.02 Å². The molecule has 2 aromatic carbocycles. The number of carbonyl (C=O) groups is 1. The van der Waals surface area contributed by atoms with Crippen LogP contribution in [-0.4, -0.2) is 55.6 Å². The number of methoxy groups -OCH3 is 1. The molecule has 2 aliphatic heterocycles. The molecule has 2 atom stereocenters. The number of aliphatic hydroxyl groups is 1. The maximum absolute atomic E-state index is 13.5. The first kappa shape index (κ1) is 29.9. The van der Waals surface area contributed by atoms with Crippen molar-refractivity contribution in [3.8, 4) is 5.75 Å². The Kier molecular flexibility index (Phi) is 10.1. The van der Waals surface area contributed by atoms with Crippen LogP contribution in [0.1, 0.15) is 62.1 Å². The van der Waals surface area contributed by atoms with Crippen molar-refractivity contribution in [2.24, 2.45) is 5.92 Å². The van der Waals surface area contributed by atoms with Crippen molar-refractivity contribution in [2.45, 2.75) is 64.1 Å². The van der Waals surface area contributed by atoms with Gasteiger partial charge < -0.3 is 24.4 Å². The van der Waals surface area contributed by atoms with Crippen molar-refractivity contribution >= 4 is 29.1 Å². The highest BCUT2D eigenvalue weighted by Gasteiger charge is 2.46. The summed E-state index contributed by atoms with van der Waals surface area (Å²) in [6.45, 7) is 4.17. The maximum atomic E-state index is 13.5. The topological polar surface area (TPSA) is 86.1 Å². The zero-order valence-corrected chi connectivity index (χ0v) is 24.7. The Balaban J connectivity index is 1.81. The molecule has 2 N–H and O–H groups in total. The molecule has 0 spiro atoms. The lowest BCUT2D eigenvalue weighted by molar-refractivity contribution is -0.140. The number of allylic oxidation sites excluding steroid dienone is 1. The van der Waals surface area contributed by atoms with E-state index in [9.17, 15) is 9.90 Å². The number of likely N-dealkylation sites (N-methyl/N-ethyl adjacent to an activating group) is 1. The first-order chi connectivity index (χ1) is 19.3. The predicted octanol–water partition coefficient (Wildman–Crippen LogP) is 6.10. The van der Waals surface area contributed by atoms with Gasteiger partial charge in [-0.15, -0.1) is 0 Å². The van der Waals surface area contributed by atoms with E-state index in [1.54, 1.807) is 24.9 Å². The Morgan fingerprint density at radius 3 is 2.62 bits per heavy atom. The minimum atomic E-state index is -1.95. The number of fused-ring (bicyclic) bond motifs is 2. The molecule has 0 saturated carbocycles. The highest BCUT2D eigenvalue weighted by atomic mass is 35.5. The van der Waals surface area contributed by atoms with E-state index in [4.69, 9.17) is 26.5 Å². The molecule has 7 nitrogen and oxygen atoms in total. The molecule has 0 saturated heterocycles. The van der Waals surface area contributed by atoms with Gasteiger partial charge in [-0.2, -0.15) is 0 Å². The average Bonchev–Trinajstić information content (AvgIpc) is 2.99. The van der Waals surface area contributed by atoms with Crippen LogP contribution in [0, 0.1) is 11.3 Å². The molecule has 8 heteroatoms. The Morgan fingerprint density at radius 2 is 1.85 bits per heavy atom. The van der Waals surface area contributed by atoms with Gasteiger partial charge in [-0.3, -0.25) is 10.2 Å². The number of amides is 1. The van der Waals surface area contributed by atoms with E-state index in [0.717, 1.165) is 74.3 Å². The number of hydrogen-bond donors (Lipinski definition) is 2. The number of aryl methyl sites for hydroxylation is 1. The fourth-order valence-corrected chi connectivity index (χ4v) is 5.84. The molecule has 0 aromatic heterocycles. The van der Waals surface area contributed by atoms with E-state index < -0.39 is 11.5 Å². The maximum Gasteiger partial charge on any atom is 0.229 e. The van der Waals surface area contributed by atoms with Gasteiger partial charge in [-0.1, -0.05) is 42.3 Å². The quantitative estimate of drug-likeness (QED) is 0.247. The van der Waals surface area contributed by atoms with Gasteiger partial charge in [0.1, 0.15) is 12.4 Å². The summed E-state index contributed by atoms with van der Waals surface area (Å²) in [6, 6.07) is 11.5. The zero-order valence-electron chi connectivity index (χ0n) is 23.9. The Hall–Kier alpha value is -3.03. The highest BCUT2D eigenvalue weighted by Crippen LogP contribution is 2.39. The molecular formula is C32H42ClN3O4. The Bertz CT molecular complexity index is 1230. The number of anilines is 1. The summed E-state index contributed by atoms with van der Waals surface area (Å²) in [4.78, 5) is 17.4. The van der Waals surface area contributed by atoms with Crippen LogP contribution in [0.5, 0.6) is 5.75 Å². The van der Waals surface area contributed by atoms with Crippen LogP contribution in [0.4, 0.5) is 5.69 Å². The van der Waals surface area contributed by atoms with E-state index in [1.165, 1.54) is 12.7 Å². The second-order valence-corrected chi connectivity index (χ2v) is 11.3. The third-order valence-electron chi connectivity index (χ3n) is 8.18. The molecule has 2 bridgehead atoms. The summed E-state index contributed by atoms with van der Waals surface area (Å²) < 4.78 is 11.7. The molecule has 216 valence electrons. The smallest absolute Gasteiger partial charge is 0.229 e. The van der Waals surface area contributed by atoms with Gasteiger partial charge in [0.25, 0.3) is 0 Å². The first-order valence-corrected chi connectivity index (χ1v) is 14.7. The number of benzene rings is 2. The summed E-state index contributed by atoms with van der Waals surface area (Å²) >= 11 is 6.31. The van der Waals surface area contributed by atoms with Crippen LogP contribution in [-0.2, 0) is 28.2 Å². The molecular weight excluding hydrogens is 526 g/mol. The van der Waals surface area contributed by atoms with Crippen molar-refractivity contribution in [1.82, 2.24) is 4.90 Å². The average molecular weight is 568 g/mol. The number of carbonyl (C=O) groups excluding carboxylic acids is 1. The van der Waals surface area contributed by atoms with Gasteiger partial charge in [0, 0.05) is 31.7 Å². The summed E-state index contributed by atoms with van der Waals surface area (Å²) in [5, 5.41) is 21.4. The van der Waals surface area contributed by atoms with E-state index in [0.29, 0.717) is 24.5 Å². The van der Waals surface area contributed by atoms with Crippen molar-refractivity contribution in [1.29, 1.82) is 5.41 Å². The largest absolute Gasteiger partial charge is 0.487 e. The molecule has 0 unspecified atom stereocenters. The Labute approximate surface area is 243 Å². The fourth-order valence-electron chi connectivity index (χ4n) is 5.64. The van der Waals surface area contributed by atoms with Gasteiger partial charge in [0.05, 0.1) is 18.7 Å². The van der Waals surface area contributed by atoms with Crippen LogP contribution in [0.25, 0.3) is 0 Å². The SMILES string of the molecule is COC(=N)[C@@]1(O)c2ccc3c(c2)N(CCCCC/C=C\CN(C)C(=O)[C@@H]1C)CCCCc1cc(Cl)ccc1CO3. The van der Waals surface area contributed by atoms with Crippen LogP contribution in [0.15, 0.2) is 48.6 Å². The molecule has 0 fully saturated rings. The lowest BCUT2D eigenvalue weighted by Crippen LogP contribution is -2.49. The van der Waals surface area contributed by atoms with Gasteiger partial charge in [0.2, 0.25) is 11.8 Å². The van der Waals surface area contributed by atoms with Crippen molar-refractivity contribution in [2.75, 3.05) is 38.7 Å². The van der Waals surface area contributed by atoms with E-state index in [1.807, 2.05) is 36.4 Å². The summed E-state index contributed by atoms with van der Waals surface area (Å²) in [6.07, 6.45) is 11.2. The predicted molar refractivity (Wildman–Crippen MR) is 160 cm³/mol. The fraction of sp³-hybridized carbons (Fsp3) is 0.500. The van der Waals surface area contributed by atoms with Crippen molar-refractivity contribution in [3.63, 3.8) is 0 Å². The highest BCUT2D eigenvalue weighted by molar-refractivity contribution is 6.30. The van der Waals surface area contributed by atoms with Crippen molar-refractivity contribution < 1.29 is 19.4 Å². The van der Waals surface area contributed by atoms with Gasteiger partial charge in [0.15, 0.2) is 5.60 Å². The molecule has 0 radical (unpaired) electrons. The summed E-state index contributed by atoms with van der Waals surface area (Å²) in [7, 11) is 3.08. The first-order valence-electron chi connectivity index (χ1n) is 14.3. The normalized spacial score (nSPS) is 23.8. The minimum absolute atomic E-state index is 0.263. The van der Waals surface area contributed by atoms with Crippen LogP contribution in [0.3, 0.4) is 0 Å². The van der Waals surface area contributed by atoms with Gasteiger partial charge >= 0.3 is 0 Å². The second kappa shape index (κ2) is 13.6. The zero-order chi connectivity index (χ0) is 28.7. The number of hydrogen-bond acceptors (Lipinski definition) is 6. The molecule has 2 heterocycles. The Morgan fingerprint density at radius 1 is 1.07 bits per heavy atom. The molecule has 40 heavy (non-hydrogen) atoms. The van der Waals surface area contributed by atoms with E-state index in [2.05, 4.69) is 11.0 Å². The third kappa shape index (κ3) is 6.64. The van der Waals surface area contributed by atoms with Crippen molar-refractivity contribution in [3.05, 3.63) is 70.3 Å². The number of ether oxygens (including phenoxy) is 2. The second-order valence-electron chi connectivity index (χ2n) is 10.9. The molecule has 2 aliphatic rings. The summed E-state index contributed by atoms with van der Waals surface area (Å²) in [5.41, 5.74) is 1.66. The third-order valence-corrected chi connectivity index (χ3v) is 8.42. The molecule has 0 aliphatic carbocycles. The molecule has 1 amide bonds. The minimum Gasteiger partial charge on any atom is -0.487 e. The van der Waals surface area contributed by atoms with Crippen LogP contribution >= 0.6 is 11.6 Å². The summed E-state index contributed by atoms with van der Waals surface area (Å²) in [5.74, 6) is -0.870. The monoisotopic (exact) mass is 567 g/mol. The number of halogens is 1. The van der Waals surface area contributed by atoms with E-state index >= 15 is 0 Å². The number of rotatable bonds is 1. The number of nitrogens with zero attached hydrogens (tertiary/aromatic N) is 2. The van der Waals surface area contributed by atoms with E-state index in [-0.39, 0.29) is 11.8 Å². The number of nitrogens with one attached hydrogen (secondary N) is 1. The lowest BCUT2D eigenvalue weighted by Gasteiger charge is -2.36. The molecule has 2 aromatic rings. The van der Waals surface area contributed by atoms with Gasteiger partial charge in [-0.25, -0.2) is 0 Å². The standard InChI is InChI=1S/C32H42ClN3O4/c1-23-30(37)35(2)17-9-6-4-5-7-10-18-36-19-11-8-12-24-20-27(33)15-13-25(24)22-40-29-16-14-26(21-28(29)36)32(23,38)31(34)39-3/h6,9,13-16,20-21,23,34,38H,4-5,7-8,10-12,17-19,22H2,1-3H3/b9-6-,34-31?/t23-,32-/m0/s1. The van der Waals surface area contributed by atoms with Crippen LogP contribution < -0.4 is 9.64 Å².